The monoisotopic (exact) mass is 489 g/mol. The van der Waals surface area contributed by atoms with Gasteiger partial charge < -0.3 is 10.1 Å². The van der Waals surface area contributed by atoms with Crippen molar-refractivity contribution in [2.24, 2.45) is 11.8 Å². The van der Waals surface area contributed by atoms with Crippen LogP contribution in [0.1, 0.15) is 36.2 Å². The molecule has 1 aliphatic heterocycles. The Hall–Kier alpha value is -3.31. The number of nitro benzene ring substituents is 1. The largest absolute Gasteiger partial charge is 0.452 e. The van der Waals surface area contributed by atoms with Crippen LogP contribution in [0.3, 0.4) is 0 Å². The van der Waals surface area contributed by atoms with Crippen LogP contribution in [0.15, 0.2) is 47.4 Å². The summed E-state index contributed by atoms with van der Waals surface area (Å²) in [4.78, 5) is 35.0. The number of piperidine rings is 1. The number of amides is 1. The van der Waals surface area contributed by atoms with Gasteiger partial charge in [-0.2, -0.15) is 4.31 Å². The Morgan fingerprint density at radius 1 is 1.12 bits per heavy atom. The number of ether oxygens (including phenoxy) is 1. The first-order chi connectivity index (χ1) is 16.0. The minimum atomic E-state index is -3.68. The highest BCUT2D eigenvalue weighted by Crippen LogP contribution is 2.27. The molecule has 2 atom stereocenters. The van der Waals surface area contributed by atoms with Gasteiger partial charge in [-0.1, -0.05) is 19.9 Å². The molecule has 1 saturated heterocycles. The van der Waals surface area contributed by atoms with Crippen LogP contribution >= 0.6 is 0 Å². The van der Waals surface area contributed by atoms with Gasteiger partial charge in [0.05, 0.1) is 15.4 Å². The maximum absolute atomic E-state index is 13.0. The van der Waals surface area contributed by atoms with Gasteiger partial charge in [0.25, 0.3) is 11.6 Å². The smallest absolute Gasteiger partial charge is 0.338 e. The zero-order chi connectivity index (χ0) is 25.0. The van der Waals surface area contributed by atoms with Gasteiger partial charge in [0.15, 0.2) is 6.61 Å². The molecule has 0 aliphatic carbocycles. The fourth-order valence-electron chi connectivity index (χ4n) is 4.01. The highest BCUT2D eigenvalue weighted by Gasteiger charge is 2.31. The summed E-state index contributed by atoms with van der Waals surface area (Å²) >= 11 is 0. The lowest BCUT2D eigenvalue weighted by Gasteiger charge is -2.34. The predicted octanol–water partition coefficient (Wildman–Crippen LogP) is 3.37. The van der Waals surface area contributed by atoms with Crippen LogP contribution in [0.25, 0.3) is 0 Å². The SMILES string of the molecule is Cc1ccc(NC(=O)COC(=O)c2ccc(S(=O)(=O)N3C[C@H](C)C[C@@H](C)C3)cc2)c([N+](=O)[O-])c1. The number of carbonyl (C=O) groups excluding carboxylic acids is 2. The summed E-state index contributed by atoms with van der Waals surface area (Å²) in [7, 11) is -3.68. The molecule has 0 spiro atoms. The van der Waals surface area contributed by atoms with E-state index in [1.807, 2.05) is 13.8 Å². The van der Waals surface area contributed by atoms with Crippen molar-refractivity contribution < 1.29 is 27.7 Å². The summed E-state index contributed by atoms with van der Waals surface area (Å²) in [5, 5.41) is 13.5. The number of aryl methyl sites for hydroxylation is 1. The fourth-order valence-corrected chi connectivity index (χ4v) is 5.69. The van der Waals surface area contributed by atoms with Crippen LogP contribution in [0.5, 0.6) is 0 Å². The molecule has 1 aliphatic rings. The van der Waals surface area contributed by atoms with E-state index in [1.54, 1.807) is 13.0 Å². The molecule has 2 aromatic rings. The van der Waals surface area contributed by atoms with Gasteiger partial charge in [0.2, 0.25) is 10.0 Å². The highest BCUT2D eigenvalue weighted by atomic mass is 32.2. The van der Waals surface area contributed by atoms with Crippen LogP contribution < -0.4 is 5.32 Å². The lowest BCUT2D eigenvalue weighted by Crippen LogP contribution is -2.42. The van der Waals surface area contributed by atoms with Crippen molar-refractivity contribution >= 4 is 33.3 Å². The van der Waals surface area contributed by atoms with Crippen molar-refractivity contribution in [2.45, 2.75) is 32.1 Å². The van der Waals surface area contributed by atoms with Gasteiger partial charge in [-0.25, -0.2) is 13.2 Å². The Kier molecular flexibility index (Phi) is 7.68. The third-order valence-corrected chi connectivity index (χ3v) is 7.37. The van der Waals surface area contributed by atoms with Gasteiger partial charge in [-0.15, -0.1) is 0 Å². The summed E-state index contributed by atoms with van der Waals surface area (Å²) in [6, 6.07) is 9.66. The first-order valence-corrected chi connectivity index (χ1v) is 12.2. The summed E-state index contributed by atoms with van der Waals surface area (Å²) in [5.74, 6) is -1.04. The number of anilines is 1. The maximum atomic E-state index is 13.0. The molecule has 0 radical (unpaired) electrons. The second kappa shape index (κ2) is 10.3. The highest BCUT2D eigenvalue weighted by molar-refractivity contribution is 7.89. The first kappa shape index (κ1) is 25.3. The van der Waals surface area contributed by atoms with Crippen LogP contribution in [-0.4, -0.2) is 49.2 Å². The van der Waals surface area contributed by atoms with E-state index in [2.05, 4.69) is 5.32 Å². The van der Waals surface area contributed by atoms with E-state index in [-0.39, 0.29) is 33.7 Å². The van der Waals surface area contributed by atoms with Gasteiger partial charge in [0, 0.05) is 19.2 Å². The van der Waals surface area contributed by atoms with Crippen LogP contribution in [0, 0.1) is 28.9 Å². The number of benzene rings is 2. The van der Waals surface area contributed by atoms with E-state index in [0.29, 0.717) is 18.7 Å². The number of hydrogen-bond donors (Lipinski definition) is 1. The molecule has 11 heteroatoms. The molecule has 0 bridgehead atoms. The lowest BCUT2D eigenvalue weighted by molar-refractivity contribution is -0.384. The number of hydrogen-bond acceptors (Lipinski definition) is 7. The molecular weight excluding hydrogens is 462 g/mol. The molecule has 2 aromatic carbocycles. The normalized spacial score (nSPS) is 18.8. The van der Waals surface area contributed by atoms with Crippen molar-refractivity contribution in [1.82, 2.24) is 4.31 Å². The van der Waals surface area contributed by atoms with E-state index in [1.165, 1.54) is 40.7 Å². The van der Waals surface area contributed by atoms with Gasteiger partial charge >= 0.3 is 5.97 Å². The van der Waals surface area contributed by atoms with Gasteiger partial charge in [-0.05, 0) is 61.1 Å². The maximum Gasteiger partial charge on any atom is 0.338 e. The molecule has 34 heavy (non-hydrogen) atoms. The first-order valence-electron chi connectivity index (χ1n) is 10.8. The summed E-state index contributed by atoms with van der Waals surface area (Å²) in [6.45, 7) is 5.96. The number of esters is 1. The van der Waals surface area contributed by atoms with Crippen LogP contribution in [0.2, 0.25) is 0 Å². The quantitative estimate of drug-likeness (QED) is 0.358. The second-order valence-electron chi connectivity index (χ2n) is 8.69. The molecule has 0 saturated carbocycles. The van der Waals surface area contributed by atoms with Crippen molar-refractivity contribution in [1.29, 1.82) is 0 Å². The number of nitrogens with one attached hydrogen (secondary N) is 1. The predicted molar refractivity (Wildman–Crippen MR) is 125 cm³/mol. The Morgan fingerprint density at radius 3 is 2.32 bits per heavy atom. The van der Waals surface area contributed by atoms with Crippen molar-refractivity contribution in [3.8, 4) is 0 Å². The van der Waals surface area contributed by atoms with E-state index >= 15 is 0 Å². The van der Waals surface area contributed by atoms with E-state index in [0.717, 1.165) is 6.42 Å². The fraction of sp³-hybridized carbons (Fsp3) is 0.391. The third kappa shape index (κ3) is 5.97. The van der Waals surface area contributed by atoms with Crippen molar-refractivity contribution in [3.63, 3.8) is 0 Å². The van der Waals surface area contributed by atoms with E-state index < -0.39 is 33.4 Å². The van der Waals surface area contributed by atoms with Crippen LogP contribution in [0.4, 0.5) is 11.4 Å². The van der Waals surface area contributed by atoms with E-state index in [4.69, 9.17) is 4.74 Å². The molecule has 1 heterocycles. The number of carbonyl (C=O) groups is 2. The molecule has 10 nitrogen and oxygen atoms in total. The molecule has 182 valence electrons. The lowest BCUT2D eigenvalue weighted by atomic mass is 9.94. The number of sulfonamides is 1. The summed E-state index contributed by atoms with van der Waals surface area (Å²) in [6.07, 6.45) is 0.974. The summed E-state index contributed by atoms with van der Waals surface area (Å²) in [5.41, 5.74) is 0.459. The Labute approximate surface area is 198 Å². The zero-order valence-corrected chi connectivity index (χ0v) is 20.0. The average molecular weight is 490 g/mol. The average Bonchev–Trinajstić information content (AvgIpc) is 2.78. The standard InChI is InChI=1S/C23H27N3O7S/c1-15-4-9-20(21(11-15)26(29)30)24-22(27)14-33-23(28)18-5-7-19(8-6-18)34(31,32)25-12-16(2)10-17(3)13-25/h4-9,11,16-17H,10,12-14H2,1-3H3,(H,24,27)/t16-,17-/m1/s1. The molecule has 0 aromatic heterocycles. The van der Waals surface area contributed by atoms with Crippen LogP contribution in [-0.2, 0) is 19.6 Å². The number of nitrogens with zero attached hydrogens (tertiary/aromatic N) is 2. The van der Waals surface area contributed by atoms with E-state index in [9.17, 15) is 28.1 Å². The van der Waals surface area contributed by atoms with Gasteiger partial charge in [-0.3, -0.25) is 14.9 Å². The number of nitro groups is 1. The van der Waals surface area contributed by atoms with Crippen molar-refractivity contribution in [2.75, 3.05) is 25.0 Å². The zero-order valence-electron chi connectivity index (χ0n) is 19.2. The Morgan fingerprint density at radius 2 is 1.74 bits per heavy atom. The molecule has 1 amide bonds. The molecule has 1 N–H and O–H groups in total. The molecular formula is C23H27N3O7S. The molecule has 3 rings (SSSR count). The third-order valence-electron chi connectivity index (χ3n) is 5.52. The molecule has 0 unspecified atom stereocenters. The van der Waals surface area contributed by atoms with Crippen molar-refractivity contribution in [3.05, 3.63) is 63.7 Å². The Balaban J connectivity index is 1.61. The topological polar surface area (TPSA) is 136 Å². The Bertz CT molecular complexity index is 1190. The minimum absolute atomic E-state index is 0.00689. The van der Waals surface area contributed by atoms with Gasteiger partial charge in [0.1, 0.15) is 5.69 Å². The molecule has 1 fully saturated rings. The second-order valence-corrected chi connectivity index (χ2v) is 10.6. The minimum Gasteiger partial charge on any atom is -0.452 e. The number of rotatable bonds is 7. The summed E-state index contributed by atoms with van der Waals surface area (Å²) < 4.78 is 32.3.